The van der Waals surface area contributed by atoms with Gasteiger partial charge in [0.1, 0.15) is 0 Å². The lowest BCUT2D eigenvalue weighted by Gasteiger charge is -2.27. The molecule has 1 atom stereocenters. The Morgan fingerprint density at radius 1 is 1.13 bits per heavy atom. The molecule has 2 aromatic rings. The molecule has 0 radical (unpaired) electrons. The van der Waals surface area contributed by atoms with E-state index in [2.05, 4.69) is 5.32 Å². The number of nitrogens with one attached hydrogen (secondary N) is 1. The summed E-state index contributed by atoms with van der Waals surface area (Å²) < 4.78 is 63.6. The Hall–Kier alpha value is -2.39. The number of aryl methyl sites for hydroxylation is 1. The van der Waals surface area contributed by atoms with Crippen molar-refractivity contribution < 1.29 is 31.5 Å². The zero-order valence-electron chi connectivity index (χ0n) is 17.2. The monoisotopic (exact) mass is 455 g/mol. The van der Waals surface area contributed by atoms with Crippen LogP contribution in [0, 0.1) is 12.8 Å². The lowest BCUT2D eigenvalue weighted by molar-refractivity contribution is -0.258. The van der Waals surface area contributed by atoms with Gasteiger partial charge in [-0.1, -0.05) is 24.3 Å². The summed E-state index contributed by atoms with van der Waals surface area (Å²) in [5.41, 5.74) is -2.01. The van der Waals surface area contributed by atoms with E-state index in [-0.39, 0.29) is 28.6 Å². The number of hydrogen-bond acceptors (Lipinski definition) is 4. The molecule has 0 spiro atoms. The fourth-order valence-corrected chi connectivity index (χ4v) is 4.85. The van der Waals surface area contributed by atoms with E-state index in [1.54, 1.807) is 12.1 Å². The van der Waals surface area contributed by atoms with Gasteiger partial charge in [-0.3, -0.25) is 4.79 Å². The van der Waals surface area contributed by atoms with Crippen molar-refractivity contribution in [2.75, 3.05) is 11.1 Å². The van der Waals surface area contributed by atoms with E-state index in [0.29, 0.717) is 23.7 Å². The largest absolute Gasteiger partial charge is 0.421 e. The van der Waals surface area contributed by atoms with Crippen LogP contribution in [0.25, 0.3) is 0 Å². The third kappa shape index (κ3) is 5.46. The summed E-state index contributed by atoms with van der Waals surface area (Å²) in [5.74, 6) is -0.0134. The highest BCUT2D eigenvalue weighted by molar-refractivity contribution is 7.91. The molecule has 1 fully saturated rings. The number of alkyl halides is 3. The Morgan fingerprint density at radius 3 is 2.26 bits per heavy atom. The zero-order chi connectivity index (χ0) is 23.0. The molecule has 31 heavy (non-hydrogen) atoms. The molecule has 0 bridgehead atoms. The first-order chi connectivity index (χ1) is 14.3. The third-order valence-electron chi connectivity index (χ3n) is 5.41. The van der Waals surface area contributed by atoms with E-state index in [1.165, 1.54) is 31.2 Å². The van der Waals surface area contributed by atoms with Crippen LogP contribution in [-0.4, -0.2) is 31.4 Å². The van der Waals surface area contributed by atoms with Crippen LogP contribution in [0.5, 0.6) is 0 Å². The van der Waals surface area contributed by atoms with Gasteiger partial charge in [-0.15, -0.1) is 0 Å². The Labute approximate surface area is 179 Å². The normalized spacial score (nSPS) is 16.6. The van der Waals surface area contributed by atoms with Gasteiger partial charge in [-0.2, -0.15) is 13.2 Å². The summed E-state index contributed by atoms with van der Waals surface area (Å²) in [4.78, 5) is 12.6. The van der Waals surface area contributed by atoms with Gasteiger partial charge in [0.15, 0.2) is 15.4 Å². The van der Waals surface area contributed by atoms with Crippen molar-refractivity contribution >= 4 is 21.4 Å². The summed E-state index contributed by atoms with van der Waals surface area (Å²) in [6.45, 7) is 2.21. The van der Waals surface area contributed by atoms with Crippen LogP contribution in [0.15, 0.2) is 47.4 Å². The van der Waals surface area contributed by atoms with Gasteiger partial charge >= 0.3 is 6.18 Å². The molecular formula is C22H24F3NO4S. The first-order valence-corrected chi connectivity index (χ1v) is 11.5. The standard InChI is InChI=1S/C22H24F3NO4S/c1-14-11-17(21(2,28)22(23,24)25)7-10-19(14)26-20(27)12-15-5-8-18(9-6-15)31(29,30)13-16-3-4-16/h5-11,16,28H,3-4,12-13H2,1-2H3,(H,26,27). The quantitative estimate of drug-likeness (QED) is 0.658. The fourth-order valence-electron chi connectivity index (χ4n) is 3.16. The SMILES string of the molecule is Cc1cc(C(C)(O)C(F)(F)F)ccc1NC(=O)Cc1ccc(S(=O)(=O)CC2CC2)cc1. The van der Waals surface area contributed by atoms with Gasteiger partial charge in [-0.25, -0.2) is 8.42 Å². The first kappa shape index (κ1) is 23.3. The maximum atomic E-state index is 13.0. The van der Waals surface area contributed by atoms with E-state index in [4.69, 9.17) is 0 Å². The van der Waals surface area contributed by atoms with Crippen molar-refractivity contribution in [3.63, 3.8) is 0 Å². The minimum atomic E-state index is -4.83. The predicted molar refractivity (Wildman–Crippen MR) is 110 cm³/mol. The Bertz CT molecular complexity index is 1070. The predicted octanol–water partition coefficient (Wildman–Crippen LogP) is 4.13. The summed E-state index contributed by atoms with van der Waals surface area (Å²) in [6.07, 6.45) is -2.98. The Balaban J connectivity index is 1.65. The first-order valence-electron chi connectivity index (χ1n) is 9.81. The summed E-state index contributed by atoms with van der Waals surface area (Å²) in [5, 5.41) is 12.4. The zero-order valence-corrected chi connectivity index (χ0v) is 18.0. The topological polar surface area (TPSA) is 83.5 Å². The molecular weight excluding hydrogens is 431 g/mol. The number of amides is 1. The lowest BCUT2D eigenvalue weighted by atomic mass is 9.93. The third-order valence-corrected chi connectivity index (χ3v) is 7.31. The molecule has 2 aromatic carbocycles. The average Bonchev–Trinajstić information content (AvgIpc) is 3.46. The molecule has 1 saturated carbocycles. The molecule has 1 unspecified atom stereocenters. The van der Waals surface area contributed by atoms with Crippen LogP contribution in [0.4, 0.5) is 18.9 Å². The number of carbonyl (C=O) groups is 1. The van der Waals surface area contributed by atoms with E-state index in [0.717, 1.165) is 18.9 Å². The smallest absolute Gasteiger partial charge is 0.376 e. The average molecular weight is 455 g/mol. The molecule has 0 aromatic heterocycles. The van der Waals surface area contributed by atoms with Crippen molar-refractivity contribution in [2.24, 2.45) is 5.92 Å². The highest BCUT2D eigenvalue weighted by Gasteiger charge is 2.51. The molecule has 0 heterocycles. The van der Waals surface area contributed by atoms with Crippen LogP contribution in [0.2, 0.25) is 0 Å². The summed E-state index contributed by atoms with van der Waals surface area (Å²) in [6, 6.07) is 9.75. The molecule has 1 aliphatic carbocycles. The number of sulfone groups is 1. The highest BCUT2D eigenvalue weighted by Crippen LogP contribution is 2.39. The molecule has 1 amide bonds. The molecule has 168 valence electrons. The van der Waals surface area contributed by atoms with Gasteiger partial charge in [0, 0.05) is 5.69 Å². The number of benzene rings is 2. The minimum Gasteiger partial charge on any atom is -0.376 e. The van der Waals surface area contributed by atoms with Crippen molar-refractivity contribution in [1.82, 2.24) is 0 Å². The van der Waals surface area contributed by atoms with Crippen molar-refractivity contribution in [1.29, 1.82) is 0 Å². The van der Waals surface area contributed by atoms with Crippen LogP contribution in [0.1, 0.15) is 36.5 Å². The number of hydrogen-bond donors (Lipinski definition) is 2. The van der Waals surface area contributed by atoms with E-state index < -0.39 is 27.5 Å². The number of halogens is 3. The minimum absolute atomic E-state index is 0.0234. The summed E-state index contributed by atoms with van der Waals surface area (Å²) >= 11 is 0. The number of rotatable bonds is 7. The second kappa shape index (κ2) is 8.27. The maximum absolute atomic E-state index is 13.0. The van der Waals surface area contributed by atoms with Crippen LogP contribution >= 0.6 is 0 Å². The van der Waals surface area contributed by atoms with Crippen molar-refractivity contribution in [2.45, 2.75) is 49.8 Å². The molecule has 3 rings (SSSR count). The maximum Gasteiger partial charge on any atom is 0.421 e. The van der Waals surface area contributed by atoms with Crippen molar-refractivity contribution in [3.05, 3.63) is 59.2 Å². The highest BCUT2D eigenvalue weighted by atomic mass is 32.2. The number of carbonyl (C=O) groups excluding carboxylic acids is 1. The van der Waals surface area contributed by atoms with E-state index in [1.807, 2.05) is 0 Å². The Morgan fingerprint density at radius 2 is 1.74 bits per heavy atom. The van der Waals surface area contributed by atoms with Gasteiger partial charge in [0.2, 0.25) is 5.91 Å². The number of aliphatic hydroxyl groups is 1. The van der Waals surface area contributed by atoms with Crippen molar-refractivity contribution in [3.8, 4) is 0 Å². The molecule has 1 aliphatic rings. The summed E-state index contributed by atoms with van der Waals surface area (Å²) in [7, 11) is -3.32. The Kier molecular flexibility index (Phi) is 6.21. The molecule has 0 saturated heterocycles. The second-order valence-corrected chi connectivity index (χ2v) is 10.2. The van der Waals surface area contributed by atoms with Gasteiger partial charge in [0.25, 0.3) is 0 Å². The van der Waals surface area contributed by atoms with Gasteiger partial charge in [-0.05, 0) is 67.5 Å². The lowest BCUT2D eigenvalue weighted by Crippen LogP contribution is -2.39. The molecule has 0 aliphatic heterocycles. The van der Waals surface area contributed by atoms with E-state index >= 15 is 0 Å². The van der Waals surface area contributed by atoms with Gasteiger partial charge < -0.3 is 10.4 Å². The second-order valence-electron chi connectivity index (χ2n) is 8.19. The van der Waals surface area contributed by atoms with Crippen LogP contribution in [-0.2, 0) is 26.7 Å². The fraction of sp³-hybridized carbons (Fsp3) is 0.409. The number of anilines is 1. The van der Waals surface area contributed by atoms with Gasteiger partial charge in [0.05, 0.1) is 17.1 Å². The van der Waals surface area contributed by atoms with E-state index in [9.17, 15) is 31.5 Å². The molecule has 9 heteroatoms. The van der Waals surface area contributed by atoms with Crippen LogP contribution < -0.4 is 5.32 Å². The van der Waals surface area contributed by atoms with Crippen LogP contribution in [0.3, 0.4) is 0 Å². The molecule has 2 N–H and O–H groups in total. The molecule has 5 nitrogen and oxygen atoms in total.